The largest absolute Gasteiger partial charge is 0.352 e. The van der Waals surface area contributed by atoms with Gasteiger partial charge in [0.1, 0.15) is 0 Å². The van der Waals surface area contributed by atoms with Gasteiger partial charge in [0.25, 0.3) is 0 Å². The van der Waals surface area contributed by atoms with Crippen LogP contribution in [0.5, 0.6) is 0 Å². The molecule has 0 aromatic heterocycles. The molecule has 1 amide bonds. The third kappa shape index (κ3) is 3.78. The summed E-state index contributed by atoms with van der Waals surface area (Å²) < 4.78 is 0. The van der Waals surface area contributed by atoms with Crippen LogP contribution in [0, 0.1) is 0 Å². The van der Waals surface area contributed by atoms with Gasteiger partial charge in [0.2, 0.25) is 5.91 Å². The van der Waals surface area contributed by atoms with Crippen molar-refractivity contribution < 1.29 is 4.79 Å². The molecule has 1 aliphatic rings. The summed E-state index contributed by atoms with van der Waals surface area (Å²) in [7, 11) is 2.09. The molecule has 0 bridgehead atoms. The van der Waals surface area contributed by atoms with Crippen LogP contribution in [0.15, 0.2) is 30.3 Å². The smallest absolute Gasteiger partial charge is 0.229 e. The van der Waals surface area contributed by atoms with Gasteiger partial charge in [-0.25, -0.2) is 0 Å². The van der Waals surface area contributed by atoms with Crippen LogP contribution in [-0.2, 0) is 4.79 Å². The second-order valence-corrected chi connectivity index (χ2v) is 5.31. The zero-order valence-electron chi connectivity index (χ0n) is 11.5. The van der Waals surface area contributed by atoms with Crippen LogP contribution in [-0.4, -0.2) is 43.5 Å². The zero-order chi connectivity index (χ0) is 13.7. The fourth-order valence-corrected chi connectivity index (χ4v) is 2.67. The van der Waals surface area contributed by atoms with E-state index < -0.39 is 0 Å². The molecule has 0 aliphatic carbocycles. The van der Waals surface area contributed by atoms with Crippen molar-refractivity contribution in [1.82, 2.24) is 10.2 Å². The first-order valence-corrected chi connectivity index (χ1v) is 6.94. The molecule has 0 spiro atoms. The highest BCUT2D eigenvalue weighted by Crippen LogP contribution is 2.16. The molecule has 2 atom stereocenters. The van der Waals surface area contributed by atoms with Gasteiger partial charge in [-0.3, -0.25) is 4.79 Å². The SMILES string of the molecule is CN1CCCC(NC(=O)C(CN)c2ccccc2)C1. The van der Waals surface area contributed by atoms with Gasteiger partial charge in [-0.2, -0.15) is 0 Å². The first-order valence-electron chi connectivity index (χ1n) is 6.94. The molecular formula is C15H23N3O. The van der Waals surface area contributed by atoms with Crippen molar-refractivity contribution in [2.24, 2.45) is 5.73 Å². The number of likely N-dealkylation sites (tertiary alicyclic amines) is 1. The van der Waals surface area contributed by atoms with E-state index in [-0.39, 0.29) is 17.9 Å². The number of rotatable bonds is 4. The van der Waals surface area contributed by atoms with Crippen LogP contribution < -0.4 is 11.1 Å². The maximum atomic E-state index is 12.3. The highest BCUT2D eigenvalue weighted by Gasteiger charge is 2.24. The summed E-state index contributed by atoms with van der Waals surface area (Å²) in [6.07, 6.45) is 2.20. The summed E-state index contributed by atoms with van der Waals surface area (Å²) >= 11 is 0. The zero-order valence-corrected chi connectivity index (χ0v) is 11.5. The molecule has 4 heteroatoms. The number of amides is 1. The predicted molar refractivity (Wildman–Crippen MR) is 76.9 cm³/mol. The minimum Gasteiger partial charge on any atom is -0.352 e. The van der Waals surface area contributed by atoms with Crippen molar-refractivity contribution in [2.45, 2.75) is 24.8 Å². The monoisotopic (exact) mass is 261 g/mol. The second-order valence-electron chi connectivity index (χ2n) is 5.31. The van der Waals surface area contributed by atoms with E-state index in [0.29, 0.717) is 6.54 Å². The summed E-state index contributed by atoms with van der Waals surface area (Å²) in [5.41, 5.74) is 6.76. The van der Waals surface area contributed by atoms with E-state index in [1.54, 1.807) is 0 Å². The van der Waals surface area contributed by atoms with E-state index in [1.165, 1.54) is 0 Å². The predicted octanol–water partition coefficient (Wildman–Crippen LogP) is 0.939. The van der Waals surface area contributed by atoms with E-state index >= 15 is 0 Å². The molecule has 2 unspecified atom stereocenters. The highest BCUT2D eigenvalue weighted by atomic mass is 16.2. The van der Waals surface area contributed by atoms with Crippen LogP contribution in [0.4, 0.5) is 0 Å². The topological polar surface area (TPSA) is 58.4 Å². The van der Waals surface area contributed by atoms with Crippen LogP contribution in [0.1, 0.15) is 24.3 Å². The molecule has 104 valence electrons. The number of benzene rings is 1. The van der Waals surface area contributed by atoms with Gasteiger partial charge in [0.15, 0.2) is 0 Å². The average molecular weight is 261 g/mol. The molecule has 19 heavy (non-hydrogen) atoms. The second kappa shape index (κ2) is 6.68. The van der Waals surface area contributed by atoms with Gasteiger partial charge in [-0.1, -0.05) is 30.3 Å². The Hall–Kier alpha value is -1.39. The molecule has 1 aromatic rings. The number of carbonyl (C=O) groups is 1. The Morgan fingerprint density at radius 2 is 2.21 bits per heavy atom. The molecular weight excluding hydrogens is 238 g/mol. The molecule has 1 aromatic carbocycles. The van der Waals surface area contributed by atoms with Crippen molar-refractivity contribution in [1.29, 1.82) is 0 Å². The van der Waals surface area contributed by atoms with Crippen LogP contribution in [0.25, 0.3) is 0 Å². The lowest BCUT2D eigenvalue weighted by atomic mass is 9.97. The molecule has 1 aliphatic heterocycles. The Morgan fingerprint density at radius 1 is 1.47 bits per heavy atom. The number of hydrogen-bond acceptors (Lipinski definition) is 3. The van der Waals surface area contributed by atoms with Gasteiger partial charge in [0, 0.05) is 19.1 Å². The lowest BCUT2D eigenvalue weighted by molar-refractivity contribution is -0.123. The summed E-state index contributed by atoms with van der Waals surface area (Å²) in [6, 6.07) is 10.0. The van der Waals surface area contributed by atoms with Crippen LogP contribution >= 0.6 is 0 Å². The minimum atomic E-state index is -0.242. The van der Waals surface area contributed by atoms with E-state index in [2.05, 4.69) is 17.3 Å². The van der Waals surface area contributed by atoms with Crippen molar-refractivity contribution in [2.75, 3.05) is 26.7 Å². The number of hydrogen-bond donors (Lipinski definition) is 2. The fraction of sp³-hybridized carbons (Fsp3) is 0.533. The van der Waals surface area contributed by atoms with Gasteiger partial charge in [-0.15, -0.1) is 0 Å². The van der Waals surface area contributed by atoms with Gasteiger partial charge in [-0.05, 0) is 32.0 Å². The molecule has 0 radical (unpaired) electrons. The van der Waals surface area contributed by atoms with E-state index in [9.17, 15) is 4.79 Å². The number of nitrogens with zero attached hydrogens (tertiary/aromatic N) is 1. The Bertz CT molecular complexity index is 407. The summed E-state index contributed by atoms with van der Waals surface area (Å²) in [5, 5.41) is 3.14. The van der Waals surface area contributed by atoms with E-state index in [0.717, 1.165) is 31.5 Å². The average Bonchev–Trinajstić information content (AvgIpc) is 2.41. The van der Waals surface area contributed by atoms with E-state index in [4.69, 9.17) is 5.73 Å². The first-order chi connectivity index (χ1) is 9.20. The lowest BCUT2D eigenvalue weighted by Gasteiger charge is -2.31. The molecule has 2 rings (SSSR count). The Balaban J connectivity index is 1.97. The fourth-order valence-electron chi connectivity index (χ4n) is 2.67. The Kier molecular flexibility index (Phi) is 4.93. The van der Waals surface area contributed by atoms with Gasteiger partial charge >= 0.3 is 0 Å². The normalized spacial score (nSPS) is 21.9. The van der Waals surface area contributed by atoms with Crippen molar-refractivity contribution >= 4 is 5.91 Å². The molecule has 0 saturated carbocycles. The Morgan fingerprint density at radius 3 is 2.84 bits per heavy atom. The third-order valence-corrected chi connectivity index (χ3v) is 3.72. The highest BCUT2D eigenvalue weighted by molar-refractivity contribution is 5.84. The van der Waals surface area contributed by atoms with Crippen LogP contribution in [0.2, 0.25) is 0 Å². The number of piperidine rings is 1. The minimum absolute atomic E-state index is 0.0500. The molecule has 1 fully saturated rings. The van der Waals surface area contributed by atoms with E-state index in [1.807, 2.05) is 30.3 Å². The number of nitrogens with two attached hydrogens (primary N) is 1. The maximum Gasteiger partial charge on any atom is 0.229 e. The summed E-state index contributed by atoms with van der Waals surface area (Å²) in [5.74, 6) is -0.192. The van der Waals surface area contributed by atoms with Crippen molar-refractivity contribution in [3.8, 4) is 0 Å². The number of carbonyl (C=O) groups excluding carboxylic acids is 1. The number of likely N-dealkylation sites (N-methyl/N-ethyl adjacent to an activating group) is 1. The summed E-state index contributed by atoms with van der Waals surface area (Å²) in [4.78, 5) is 14.6. The van der Waals surface area contributed by atoms with Crippen molar-refractivity contribution in [3.05, 3.63) is 35.9 Å². The third-order valence-electron chi connectivity index (χ3n) is 3.72. The van der Waals surface area contributed by atoms with Crippen LogP contribution in [0.3, 0.4) is 0 Å². The Labute approximate surface area is 115 Å². The van der Waals surface area contributed by atoms with Crippen molar-refractivity contribution in [3.63, 3.8) is 0 Å². The maximum absolute atomic E-state index is 12.3. The molecule has 3 N–H and O–H groups in total. The van der Waals surface area contributed by atoms with Gasteiger partial charge in [0.05, 0.1) is 5.92 Å². The standard InChI is InChI=1S/C15H23N3O/c1-18-9-5-8-13(11-18)17-15(19)14(10-16)12-6-3-2-4-7-12/h2-4,6-7,13-14H,5,8-11,16H2,1H3,(H,17,19). The molecule has 4 nitrogen and oxygen atoms in total. The first kappa shape index (κ1) is 14.0. The number of nitrogens with one attached hydrogen (secondary N) is 1. The molecule has 1 heterocycles. The quantitative estimate of drug-likeness (QED) is 0.848. The molecule has 1 saturated heterocycles. The lowest BCUT2D eigenvalue weighted by Crippen LogP contribution is -2.48. The van der Waals surface area contributed by atoms with Gasteiger partial charge < -0.3 is 16.0 Å². The summed E-state index contributed by atoms with van der Waals surface area (Å²) in [6.45, 7) is 2.39.